The van der Waals surface area contributed by atoms with Crippen LogP contribution in [-0.4, -0.2) is 59.6 Å². The number of aliphatic hydroxyl groups excluding tert-OH is 1. The molecule has 0 bridgehead atoms. The third kappa shape index (κ3) is 4.78. The summed E-state index contributed by atoms with van der Waals surface area (Å²) in [6.07, 6.45) is 0.221. The maximum absolute atomic E-state index is 13.2. The van der Waals surface area contributed by atoms with E-state index >= 15 is 0 Å². The van der Waals surface area contributed by atoms with E-state index in [2.05, 4.69) is 4.90 Å². The Bertz CT molecular complexity index is 499. The number of nitrogens with zero attached hydrogens (tertiary/aromatic N) is 2. The van der Waals surface area contributed by atoms with Crippen LogP contribution in [0.5, 0.6) is 0 Å². The Morgan fingerprint density at radius 2 is 1.95 bits per heavy atom. The molecule has 4 nitrogen and oxygen atoms in total. The van der Waals surface area contributed by atoms with Crippen molar-refractivity contribution in [2.45, 2.75) is 26.4 Å². The lowest BCUT2D eigenvalue weighted by atomic mass is 9.99. The quantitative estimate of drug-likeness (QED) is 0.897. The molecule has 122 valence electrons. The van der Waals surface area contributed by atoms with E-state index in [1.54, 1.807) is 13.0 Å². The molecule has 1 aliphatic rings. The summed E-state index contributed by atoms with van der Waals surface area (Å²) in [7, 11) is 0. The van der Waals surface area contributed by atoms with E-state index in [1.165, 1.54) is 12.1 Å². The van der Waals surface area contributed by atoms with Crippen LogP contribution in [-0.2, 0) is 11.2 Å². The highest BCUT2D eigenvalue weighted by molar-refractivity contribution is 5.79. The van der Waals surface area contributed by atoms with Crippen LogP contribution in [0.15, 0.2) is 24.3 Å². The Morgan fingerprint density at radius 3 is 2.55 bits per heavy atom. The lowest BCUT2D eigenvalue weighted by Gasteiger charge is -2.36. The van der Waals surface area contributed by atoms with Crippen molar-refractivity contribution >= 4 is 5.91 Å². The van der Waals surface area contributed by atoms with Crippen molar-refractivity contribution in [3.8, 4) is 0 Å². The van der Waals surface area contributed by atoms with Gasteiger partial charge in [-0.15, -0.1) is 0 Å². The van der Waals surface area contributed by atoms with Gasteiger partial charge in [-0.25, -0.2) is 4.39 Å². The van der Waals surface area contributed by atoms with Crippen molar-refractivity contribution in [3.05, 3.63) is 35.6 Å². The maximum atomic E-state index is 13.2. The summed E-state index contributed by atoms with van der Waals surface area (Å²) >= 11 is 0. The van der Waals surface area contributed by atoms with Crippen molar-refractivity contribution in [3.63, 3.8) is 0 Å². The molecule has 1 heterocycles. The second-order valence-corrected chi connectivity index (χ2v) is 6.21. The third-order valence-electron chi connectivity index (χ3n) is 4.06. The van der Waals surface area contributed by atoms with Gasteiger partial charge in [0.2, 0.25) is 5.91 Å². The number of halogens is 1. The second kappa shape index (κ2) is 7.70. The number of carbonyl (C=O) groups is 1. The van der Waals surface area contributed by atoms with E-state index in [9.17, 15) is 14.3 Å². The minimum absolute atomic E-state index is 0.126. The first-order valence-electron chi connectivity index (χ1n) is 7.89. The van der Waals surface area contributed by atoms with E-state index in [4.69, 9.17) is 0 Å². The van der Waals surface area contributed by atoms with Gasteiger partial charge in [-0.3, -0.25) is 9.69 Å². The molecule has 0 radical (unpaired) electrons. The minimum atomic E-state index is -0.339. The molecule has 5 heteroatoms. The molecule has 1 N–H and O–H groups in total. The van der Waals surface area contributed by atoms with E-state index in [-0.39, 0.29) is 23.7 Å². The molecular weight excluding hydrogens is 283 g/mol. The molecule has 1 fully saturated rings. The number of amides is 1. The summed E-state index contributed by atoms with van der Waals surface area (Å²) < 4.78 is 13.2. The van der Waals surface area contributed by atoms with Gasteiger partial charge in [-0.2, -0.15) is 0 Å². The lowest BCUT2D eigenvalue weighted by molar-refractivity contribution is -0.136. The summed E-state index contributed by atoms with van der Waals surface area (Å²) in [6.45, 7) is 7.31. The number of aliphatic hydroxyl groups is 1. The molecule has 2 atom stereocenters. The first-order valence-corrected chi connectivity index (χ1v) is 7.89. The van der Waals surface area contributed by atoms with Crippen LogP contribution >= 0.6 is 0 Å². The second-order valence-electron chi connectivity index (χ2n) is 6.21. The predicted octanol–water partition coefficient (Wildman–Crippen LogP) is 1.53. The summed E-state index contributed by atoms with van der Waals surface area (Å²) in [5, 5.41) is 9.40. The number of rotatable bonds is 5. The van der Waals surface area contributed by atoms with Crippen molar-refractivity contribution < 1.29 is 14.3 Å². The van der Waals surface area contributed by atoms with Crippen LogP contribution in [0.2, 0.25) is 0 Å². The number of β-amino-alcohol motifs (C(OH)–C–C–N with tert-alkyl or cyclic N) is 1. The molecule has 1 saturated heterocycles. The Balaban J connectivity index is 1.84. The molecular formula is C17H25FN2O2. The number of carbonyl (C=O) groups excluding carboxylic acids is 1. The normalized spacial score (nSPS) is 19.0. The summed E-state index contributed by atoms with van der Waals surface area (Å²) in [6, 6.07) is 6.44. The monoisotopic (exact) mass is 308 g/mol. The molecule has 0 aromatic heterocycles. The van der Waals surface area contributed by atoms with Gasteiger partial charge in [-0.05, 0) is 31.0 Å². The highest BCUT2D eigenvalue weighted by Gasteiger charge is 2.25. The van der Waals surface area contributed by atoms with E-state index in [1.807, 2.05) is 17.9 Å². The summed E-state index contributed by atoms with van der Waals surface area (Å²) in [4.78, 5) is 16.5. The van der Waals surface area contributed by atoms with Crippen LogP contribution < -0.4 is 0 Å². The van der Waals surface area contributed by atoms with Gasteiger partial charge in [0.1, 0.15) is 5.82 Å². The number of hydrogen-bond donors (Lipinski definition) is 1. The third-order valence-corrected chi connectivity index (χ3v) is 4.06. The number of benzene rings is 1. The highest BCUT2D eigenvalue weighted by Crippen LogP contribution is 2.14. The molecule has 1 aromatic carbocycles. The molecule has 22 heavy (non-hydrogen) atoms. The van der Waals surface area contributed by atoms with Gasteiger partial charge < -0.3 is 10.0 Å². The standard InChI is InChI=1S/C17H25FN2O2/c1-13(10-15-4-3-5-16(18)11-15)17(22)20-8-6-19(7-9-20)12-14(2)21/h3-5,11,13-14,21H,6-10,12H2,1-2H3/t13-,14-/m0/s1. The molecule has 2 rings (SSSR count). The molecule has 0 aliphatic carbocycles. The van der Waals surface area contributed by atoms with Crippen molar-refractivity contribution in [1.29, 1.82) is 0 Å². The van der Waals surface area contributed by atoms with Gasteiger partial charge in [0.15, 0.2) is 0 Å². The Labute approximate surface area is 131 Å². The predicted molar refractivity (Wildman–Crippen MR) is 84.0 cm³/mol. The lowest BCUT2D eigenvalue weighted by Crippen LogP contribution is -2.51. The SMILES string of the molecule is C[C@H](O)CN1CCN(C(=O)[C@@H](C)Cc2cccc(F)c2)CC1. The van der Waals surface area contributed by atoms with Gasteiger partial charge >= 0.3 is 0 Å². The topological polar surface area (TPSA) is 43.8 Å². The van der Waals surface area contributed by atoms with Crippen molar-refractivity contribution in [2.75, 3.05) is 32.7 Å². The van der Waals surface area contributed by atoms with E-state index in [0.29, 0.717) is 26.1 Å². The average molecular weight is 308 g/mol. The first-order chi connectivity index (χ1) is 10.5. The van der Waals surface area contributed by atoms with Crippen LogP contribution in [0.3, 0.4) is 0 Å². The van der Waals surface area contributed by atoms with Gasteiger partial charge in [0, 0.05) is 38.6 Å². The van der Waals surface area contributed by atoms with E-state index < -0.39 is 0 Å². The molecule has 1 aliphatic heterocycles. The fourth-order valence-corrected chi connectivity index (χ4v) is 2.94. The van der Waals surface area contributed by atoms with Crippen LogP contribution in [0, 0.1) is 11.7 Å². The molecule has 1 amide bonds. The first kappa shape index (κ1) is 16.9. The smallest absolute Gasteiger partial charge is 0.225 e. The Morgan fingerprint density at radius 1 is 1.27 bits per heavy atom. The van der Waals surface area contributed by atoms with Crippen molar-refractivity contribution in [2.24, 2.45) is 5.92 Å². The van der Waals surface area contributed by atoms with Crippen LogP contribution in [0.4, 0.5) is 4.39 Å². The zero-order valence-electron chi connectivity index (χ0n) is 13.3. The van der Waals surface area contributed by atoms with E-state index in [0.717, 1.165) is 18.7 Å². The largest absolute Gasteiger partial charge is 0.392 e. The maximum Gasteiger partial charge on any atom is 0.225 e. The van der Waals surface area contributed by atoms with Crippen molar-refractivity contribution in [1.82, 2.24) is 9.80 Å². The molecule has 0 saturated carbocycles. The zero-order chi connectivity index (χ0) is 16.1. The summed E-state index contributed by atoms with van der Waals surface area (Å²) in [5.41, 5.74) is 0.855. The van der Waals surface area contributed by atoms with Gasteiger partial charge in [0.05, 0.1) is 6.10 Å². The van der Waals surface area contributed by atoms with Crippen LogP contribution in [0.1, 0.15) is 19.4 Å². The summed E-state index contributed by atoms with van der Waals surface area (Å²) in [5.74, 6) is -0.282. The molecule has 0 spiro atoms. The average Bonchev–Trinajstić information content (AvgIpc) is 2.46. The fourth-order valence-electron chi connectivity index (χ4n) is 2.94. The number of piperazine rings is 1. The fraction of sp³-hybridized carbons (Fsp3) is 0.588. The zero-order valence-corrected chi connectivity index (χ0v) is 13.3. The Hall–Kier alpha value is -1.46. The van der Waals surface area contributed by atoms with Gasteiger partial charge in [0.25, 0.3) is 0 Å². The number of hydrogen-bond acceptors (Lipinski definition) is 3. The van der Waals surface area contributed by atoms with Crippen LogP contribution in [0.25, 0.3) is 0 Å². The minimum Gasteiger partial charge on any atom is -0.392 e. The molecule has 0 unspecified atom stereocenters. The van der Waals surface area contributed by atoms with Gasteiger partial charge in [-0.1, -0.05) is 19.1 Å². The highest BCUT2D eigenvalue weighted by atomic mass is 19.1. The Kier molecular flexibility index (Phi) is 5.91. The molecule has 1 aromatic rings.